The maximum atomic E-state index is 5.97. The number of ether oxygens (including phenoxy) is 1. The molecule has 1 atom stereocenters. The summed E-state index contributed by atoms with van der Waals surface area (Å²) in [5.41, 5.74) is 4.33. The molecule has 0 spiro atoms. The minimum Gasteiger partial charge on any atom is -0.488 e. The summed E-state index contributed by atoms with van der Waals surface area (Å²) in [6.45, 7) is 1.86. The molecule has 1 N–H and O–H groups in total. The van der Waals surface area contributed by atoms with Crippen molar-refractivity contribution in [3.8, 4) is 5.75 Å². The van der Waals surface area contributed by atoms with Crippen molar-refractivity contribution in [3.05, 3.63) is 65.2 Å². The summed E-state index contributed by atoms with van der Waals surface area (Å²) in [6.07, 6.45) is 4.01. The lowest BCUT2D eigenvalue weighted by atomic mass is 10.0. The molecule has 2 aromatic carbocycles. The number of fused-ring (bicyclic) bond motifs is 1. The molecule has 0 bridgehead atoms. The number of benzene rings is 2. The molecule has 1 heterocycles. The largest absolute Gasteiger partial charge is 0.488 e. The lowest BCUT2D eigenvalue weighted by Crippen LogP contribution is -2.29. The zero-order valence-electron chi connectivity index (χ0n) is 12.2. The van der Waals surface area contributed by atoms with Crippen LogP contribution in [0.5, 0.6) is 5.75 Å². The second kappa shape index (κ2) is 5.53. The maximum absolute atomic E-state index is 5.97. The molecule has 2 nitrogen and oxygen atoms in total. The van der Waals surface area contributed by atoms with E-state index in [1.165, 1.54) is 24.0 Å². The highest BCUT2D eigenvalue weighted by Gasteiger charge is 2.26. The molecule has 0 saturated heterocycles. The molecule has 2 heteroatoms. The summed E-state index contributed by atoms with van der Waals surface area (Å²) in [7, 11) is 0. The third-order valence-corrected chi connectivity index (χ3v) is 4.47. The van der Waals surface area contributed by atoms with Gasteiger partial charge in [0.25, 0.3) is 0 Å². The summed E-state index contributed by atoms with van der Waals surface area (Å²) in [6, 6.07) is 17.2. The van der Waals surface area contributed by atoms with Gasteiger partial charge in [0.05, 0.1) is 0 Å². The highest BCUT2D eigenvalue weighted by Crippen LogP contribution is 2.41. The Labute approximate surface area is 126 Å². The molecule has 0 radical (unpaired) electrons. The van der Waals surface area contributed by atoms with Crippen LogP contribution in [0.4, 0.5) is 0 Å². The van der Waals surface area contributed by atoms with Crippen LogP contribution in [0.15, 0.2) is 48.5 Å². The predicted molar refractivity (Wildman–Crippen MR) is 84.7 cm³/mol. The minimum atomic E-state index is 0.274. The summed E-state index contributed by atoms with van der Waals surface area (Å²) in [5, 5.41) is 3.58. The quantitative estimate of drug-likeness (QED) is 0.902. The van der Waals surface area contributed by atoms with Gasteiger partial charge in [0.2, 0.25) is 0 Å². The molecule has 108 valence electrons. The first-order valence-electron chi connectivity index (χ1n) is 7.93. The third kappa shape index (κ3) is 2.81. The topological polar surface area (TPSA) is 21.3 Å². The molecule has 0 amide bonds. The van der Waals surface area contributed by atoms with E-state index >= 15 is 0 Å². The van der Waals surface area contributed by atoms with E-state index in [-0.39, 0.29) is 6.10 Å². The van der Waals surface area contributed by atoms with Gasteiger partial charge in [0.15, 0.2) is 0 Å². The number of hydrogen-bond donors (Lipinski definition) is 1. The van der Waals surface area contributed by atoms with Crippen molar-refractivity contribution in [2.24, 2.45) is 0 Å². The Morgan fingerprint density at radius 2 is 1.81 bits per heavy atom. The zero-order valence-corrected chi connectivity index (χ0v) is 12.2. The molecule has 1 aliphatic heterocycles. The van der Waals surface area contributed by atoms with E-state index in [4.69, 9.17) is 4.74 Å². The van der Waals surface area contributed by atoms with Gasteiger partial charge in [-0.1, -0.05) is 42.5 Å². The van der Waals surface area contributed by atoms with Gasteiger partial charge in [-0.15, -0.1) is 0 Å². The molecule has 1 unspecified atom stereocenters. The van der Waals surface area contributed by atoms with Gasteiger partial charge in [-0.2, -0.15) is 0 Å². The second-order valence-electron chi connectivity index (χ2n) is 6.16. The van der Waals surface area contributed by atoms with E-state index in [1.807, 2.05) is 6.07 Å². The fourth-order valence-corrected chi connectivity index (χ4v) is 3.22. The average Bonchev–Trinajstić information content (AvgIpc) is 3.27. The van der Waals surface area contributed by atoms with Crippen LogP contribution in [0.25, 0.3) is 0 Å². The smallest absolute Gasteiger partial charge is 0.123 e. The molecular formula is C19H21NO. The van der Waals surface area contributed by atoms with Gasteiger partial charge in [-0.05, 0) is 41.5 Å². The van der Waals surface area contributed by atoms with E-state index in [9.17, 15) is 0 Å². The summed E-state index contributed by atoms with van der Waals surface area (Å²) in [4.78, 5) is 0. The number of hydrogen-bond acceptors (Lipinski definition) is 2. The molecular weight excluding hydrogens is 258 g/mol. The molecule has 4 rings (SSSR count). The normalized spacial score (nSPS) is 20.1. The van der Waals surface area contributed by atoms with E-state index in [2.05, 4.69) is 47.8 Å². The molecule has 2 aromatic rings. The highest BCUT2D eigenvalue weighted by molar-refractivity contribution is 5.37. The van der Waals surface area contributed by atoms with Crippen LogP contribution in [-0.2, 0) is 13.0 Å². The van der Waals surface area contributed by atoms with Gasteiger partial charge in [0.1, 0.15) is 11.9 Å². The predicted octanol–water partition coefficient (Wildman–Crippen LogP) is 3.66. The summed E-state index contributed by atoms with van der Waals surface area (Å²) in [5.74, 6) is 1.87. The zero-order chi connectivity index (χ0) is 14.1. The monoisotopic (exact) mass is 279 g/mol. The molecule has 1 aliphatic carbocycles. The Balaban J connectivity index is 1.33. The van der Waals surface area contributed by atoms with Crippen molar-refractivity contribution in [1.82, 2.24) is 5.32 Å². The first-order valence-corrected chi connectivity index (χ1v) is 7.93. The van der Waals surface area contributed by atoms with E-state index in [0.717, 1.165) is 31.2 Å². The van der Waals surface area contributed by atoms with Crippen LogP contribution in [0.3, 0.4) is 0 Å². The van der Waals surface area contributed by atoms with Crippen molar-refractivity contribution in [2.45, 2.75) is 37.8 Å². The molecule has 2 aliphatic rings. The van der Waals surface area contributed by atoms with Crippen LogP contribution in [0.2, 0.25) is 0 Å². The molecule has 1 fully saturated rings. The van der Waals surface area contributed by atoms with Gasteiger partial charge in [-0.25, -0.2) is 0 Å². The van der Waals surface area contributed by atoms with Crippen molar-refractivity contribution < 1.29 is 4.74 Å². The molecule has 0 aromatic heterocycles. The molecule has 1 saturated carbocycles. The van der Waals surface area contributed by atoms with Crippen molar-refractivity contribution in [2.75, 3.05) is 6.54 Å². The van der Waals surface area contributed by atoms with E-state index < -0.39 is 0 Å². The number of para-hydroxylation sites is 1. The first kappa shape index (κ1) is 12.9. The average molecular weight is 279 g/mol. The minimum absolute atomic E-state index is 0.274. The fourth-order valence-electron chi connectivity index (χ4n) is 3.22. The van der Waals surface area contributed by atoms with E-state index in [1.54, 1.807) is 5.56 Å². The lowest BCUT2D eigenvalue weighted by Gasteiger charge is -2.14. The van der Waals surface area contributed by atoms with Crippen LogP contribution in [0.1, 0.15) is 35.4 Å². The molecule has 21 heavy (non-hydrogen) atoms. The van der Waals surface area contributed by atoms with Gasteiger partial charge in [0, 0.05) is 19.5 Å². The van der Waals surface area contributed by atoms with Gasteiger partial charge < -0.3 is 10.1 Å². The van der Waals surface area contributed by atoms with Crippen LogP contribution >= 0.6 is 0 Å². The maximum Gasteiger partial charge on any atom is 0.123 e. The Kier molecular flexibility index (Phi) is 3.40. The van der Waals surface area contributed by atoms with E-state index in [0.29, 0.717) is 0 Å². The van der Waals surface area contributed by atoms with Crippen LogP contribution in [-0.4, -0.2) is 12.6 Å². The Bertz CT molecular complexity index is 608. The lowest BCUT2D eigenvalue weighted by molar-refractivity contribution is 0.227. The standard InChI is InChI=1S/C19H21NO/c1-3-7-18(14-9-10-14)16(6-1)12-20-13-17-11-15-5-2-4-8-19(15)21-17/h1-8,14,17,20H,9-13H2. The second-order valence-corrected chi connectivity index (χ2v) is 6.16. The van der Waals surface area contributed by atoms with Crippen molar-refractivity contribution in [3.63, 3.8) is 0 Å². The first-order chi connectivity index (χ1) is 10.4. The van der Waals surface area contributed by atoms with Gasteiger partial charge >= 0.3 is 0 Å². The van der Waals surface area contributed by atoms with Crippen molar-refractivity contribution >= 4 is 0 Å². The van der Waals surface area contributed by atoms with Gasteiger partial charge in [-0.3, -0.25) is 0 Å². The van der Waals surface area contributed by atoms with Crippen LogP contribution < -0.4 is 10.1 Å². The SMILES string of the molecule is c1ccc2c(c1)CC(CNCc1ccccc1C1CC1)O2. The number of nitrogens with one attached hydrogen (secondary N) is 1. The fraction of sp³-hybridized carbons (Fsp3) is 0.368. The van der Waals surface area contributed by atoms with Crippen molar-refractivity contribution in [1.29, 1.82) is 0 Å². The Morgan fingerprint density at radius 1 is 1.00 bits per heavy atom. The Morgan fingerprint density at radius 3 is 2.67 bits per heavy atom. The third-order valence-electron chi connectivity index (χ3n) is 4.47. The summed E-state index contributed by atoms with van der Waals surface area (Å²) < 4.78 is 5.97. The summed E-state index contributed by atoms with van der Waals surface area (Å²) >= 11 is 0. The number of rotatable bonds is 5. The van der Waals surface area contributed by atoms with Crippen LogP contribution in [0, 0.1) is 0 Å². The Hall–Kier alpha value is -1.80. The highest BCUT2D eigenvalue weighted by atomic mass is 16.5.